The van der Waals surface area contributed by atoms with Crippen molar-refractivity contribution in [2.45, 2.75) is 26.4 Å². The molecule has 0 aliphatic heterocycles. The summed E-state index contributed by atoms with van der Waals surface area (Å²) >= 11 is 0. The molecule has 37 heavy (non-hydrogen) atoms. The van der Waals surface area contributed by atoms with Gasteiger partial charge in [0.1, 0.15) is 6.54 Å². The number of ether oxygens (including phenoxy) is 1. The second kappa shape index (κ2) is 12.9. The highest BCUT2D eigenvalue weighted by atomic mass is 16.5. The maximum Gasteiger partial charge on any atom is 0.254 e. The van der Waals surface area contributed by atoms with Crippen molar-refractivity contribution < 1.29 is 14.3 Å². The molecule has 1 aromatic heterocycles. The fraction of sp³-hybridized carbons (Fsp3) is 0.290. The Balaban J connectivity index is 1.56. The Bertz CT molecular complexity index is 1320. The summed E-state index contributed by atoms with van der Waals surface area (Å²) in [5.41, 5.74) is 2.67. The van der Waals surface area contributed by atoms with E-state index in [1.807, 2.05) is 115 Å². The van der Waals surface area contributed by atoms with Crippen LogP contribution in [0.5, 0.6) is 0 Å². The monoisotopic (exact) mass is 497 g/mol. The number of hydrogen-bond acceptors (Lipinski definition) is 3. The van der Waals surface area contributed by atoms with Gasteiger partial charge in [0, 0.05) is 50.8 Å². The normalized spacial score (nSPS) is 11.0. The van der Waals surface area contributed by atoms with Crippen LogP contribution in [-0.4, -0.2) is 52.5 Å². The minimum absolute atomic E-state index is 0.00897. The van der Waals surface area contributed by atoms with Crippen LogP contribution < -0.4 is 0 Å². The fourth-order valence-electron chi connectivity index (χ4n) is 4.41. The van der Waals surface area contributed by atoms with Gasteiger partial charge < -0.3 is 19.1 Å². The summed E-state index contributed by atoms with van der Waals surface area (Å²) in [5.74, 6) is -0.232. The highest BCUT2D eigenvalue weighted by Crippen LogP contribution is 2.18. The van der Waals surface area contributed by atoms with Crippen LogP contribution in [0.25, 0.3) is 10.8 Å². The minimum atomic E-state index is -0.144. The largest absolute Gasteiger partial charge is 0.382 e. The Morgan fingerprint density at radius 3 is 2.32 bits per heavy atom. The number of rotatable bonds is 12. The maximum absolute atomic E-state index is 13.7. The van der Waals surface area contributed by atoms with Gasteiger partial charge in [0.15, 0.2) is 0 Å². The number of benzene rings is 3. The third-order valence-electron chi connectivity index (χ3n) is 6.50. The molecule has 4 aromatic rings. The lowest BCUT2D eigenvalue weighted by Gasteiger charge is -2.28. The van der Waals surface area contributed by atoms with E-state index in [0.29, 0.717) is 44.8 Å². The molecule has 0 spiro atoms. The number of hydrogen-bond donors (Lipinski definition) is 0. The number of aromatic nitrogens is 1. The summed E-state index contributed by atoms with van der Waals surface area (Å²) in [5, 5.41) is 2.08. The molecule has 0 aliphatic carbocycles. The first-order valence-electron chi connectivity index (χ1n) is 12.8. The Kier molecular flexibility index (Phi) is 9.11. The Hall–Kier alpha value is -3.90. The molecule has 0 saturated heterocycles. The van der Waals surface area contributed by atoms with Crippen LogP contribution in [0.15, 0.2) is 91.1 Å². The lowest BCUT2D eigenvalue weighted by atomic mass is 10.1. The zero-order valence-electron chi connectivity index (χ0n) is 21.7. The number of aryl methyl sites for hydroxylation is 1. The molecule has 6 heteroatoms. The summed E-state index contributed by atoms with van der Waals surface area (Å²) in [6.07, 6.45) is 2.64. The summed E-state index contributed by atoms with van der Waals surface area (Å²) in [7, 11) is 1.98. The van der Waals surface area contributed by atoms with Crippen LogP contribution in [0.3, 0.4) is 0 Å². The van der Waals surface area contributed by atoms with Crippen LogP contribution in [-0.2, 0) is 29.7 Å². The average molecular weight is 498 g/mol. The molecule has 4 rings (SSSR count). The van der Waals surface area contributed by atoms with E-state index in [0.717, 1.165) is 22.0 Å². The van der Waals surface area contributed by atoms with E-state index in [-0.39, 0.29) is 18.4 Å². The average Bonchev–Trinajstić information content (AvgIpc) is 3.33. The zero-order valence-corrected chi connectivity index (χ0v) is 21.7. The van der Waals surface area contributed by atoms with Gasteiger partial charge >= 0.3 is 0 Å². The van der Waals surface area contributed by atoms with E-state index in [2.05, 4.69) is 0 Å². The Labute approximate surface area is 219 Å². The van der Waals surface area contributed by atoms with Crippen molar-refractivity contribution in [2.75, 3.05) is 26.3 Å². The van der Waals surface area contributed by atoms with Crippen LogP contribution in [0, 0.1) is 0 Å². The molecule has 0 atom stereocenters. The van der Waals surface area contributed by atoms with E-state index < -0.39 is 0 Å². The van der Waals surface area contributed by atoms with Crippen LogP contribution in [0.1, 0.15) is 35.0 Å². The van der Waals surface area contributed by atoms with Gasteiger partial charge in [0.05, 0.1) is 6.54 Å². The van der Waals surface area contributed by atoms with Gasteiger partial charge in [-0.05, 0) is 53.9 Å². The number of amides is 2. The number of carbonyl (C=O) groups excluding carboxylic acids is 2. The molecule has 0 saturated carbocycles. The maximum atomic E-state index is 13.7. The molecule has 0 N–H and O–H groups in total. The summed E-state index contributed by atoms with van der Waals surface area (Å²) in [4.78, 5) is 30.9. The van der Waals surface area contributed by atoms with Crippen LogP contribution >= 0.6 is 0 Å². The van der Waals surface area contributed by atoms with Crippen LogP contribution in [0.4, 0.5) is 0 Å². The molecule has 192 valence electrons. The van der Waals surface area contributed by atoms with Gasteiger partial charge in [-0.3, -0.25) is 9.59 Å². The molecular weight excluding hydrogens is 462 g/mol. The summed E-state index contributed by atoms with van der Waals surface area (Å²) in [6.45, 7) is 4.51. The highest BCUT2D eigenvalue weighted by Gasteiger charge is 2.23. The SMILES string of the molecule is CCOCCCN(CC(=O)N(Cc1ccccc1)Cc1cccn1C)C(=O)c1ccc2ccccc2c1. The highest BCUT2D eigenvalue weighted by molar-refractivity contribution is 6.00. The molecule has 2 amide bonds. The lowest BCUT2D eigenvalue weighted by Crippen LogP contribution is -2.43. The topological polar surface area (TPSA) is 54.8 Å². The second-order valence-electron chi connectivity index (χ2n) is 9.18. The van der Waals surface area contributed by atoms with Crippen molar-refractivity contribution in [1.82, 2.24) is 14.4 Å². The first-order valence-corrected chi connectivity index (χ1v) is 12.8. The molecule has 1 heterocycles. The first-order chi connectivity index (χ1) is 18.0. The zero-order chi connectivity index (χ0) is 26.0. The molecule has 0 aliphatic rings. The van der Waals surface area contributed by atoms with Gasteiger partial charge in [-0.2, -0.15) is 0 Å². The van der Waals surface area contributed by atoms with Crippen molar-refractivity contribution in [3.8, 4) is 0 Å². The van der Waals surface area contributed by atoms with Gasteiger partial charge in [-0.25, -0.2) is 0 Å². The van der Waals surface area contributed by atoms with Crippen molar-refractivity contribution in [2.24, 2.45) is 7.05 Å². The molecule has 0 fully saturated rings. The number of nitrogens with zero attached hydrogens (tertiary/aromatic N) is 3. The number of fused-ring (bicyclic) bond motifs is 1. The first kappa shape index (κ1) is 26.2. The molecule has 0 bridgehead atoms. The summed E-state index contributed by atoms with van der Waals surface area (Å²) < 4.78 is 7.52. The summed E-state index contributed by atoms with van der Waals surface area (Å²) in [6, 6.07) is 27.6. The van der Waals surface area contributed by atoms with E-state index in [1.165, 1.54) is 0 Å². The van der Waals surface area contributed by atoms with Gasteiger partial charge in [-0.15, -0.1) is 0 Å². The van der Waals surface area contributed by atoms with Crippen LogP contribution in [0.2, 0.25) is 0 Å². The smallest absolute Gasteiger partial charge is 0.254 e. The molecular formula is C31H35N3O3. The van der Waals surface area contributed by atoms with E-state index in [9.17, 15) is 9.59 Å². The van der Waals surface area contributed by atoms with E-state index >= 15 is 0 Å². The van der Waals surface area contributed by atoms with Crippen molar-refractivity contribution in [3.63, 3.8) is 0 Å². The van der Waals surface area contributed by atoms with Gasteiger partial charge in [0.2, 0.25) is 5.91 Å². The fourth-order valence-corrected chi connectivity index (χ4v) is 4.41. The molecule has 0 radical (unpaired) electrons. The predicted molar refractivity (Wildman–Crippen MR) is 147 cm³/mol. The van der Waals surface area contributed by atoms with E-state index in [1.54, 1.807) is 4.90 Å². The minimum Gasteiger partial charge on any atom is -0.382 e. The van der Waals surface area contributed by atoms with Crippen molar-refractivity contribution in [3.05, 3.63) is 108 Å². The van der Waals surface area contributed by atoms with Crippen molar-refractivity contribution in [1.29, 1.82) is 0 Å². The number of carbonyl (C=O) groups is 2. The molecule has 0 unspecified atom stereocenters. The second-order valence-corrected chi connectivity index (χ2v) is 9.18. The predicted octanol–water partition coefficient (Wildman–Crippen LogP) is 5.28. The standard InChI is InChI=1S/C31H35N3O3/c1-3-37-20-10-19-33(31(36)28-17-16-26-13-7-8-14-27(26)21-28)24-30(35)34(22-25-11-5-4-6-12-25)23-29-15-9-18-32(29)2/h4-9,11-18,21H,3,10,19-20,22-24H2,1-2H3. The quantitative estimate of drug-likeness (QED) is 0.250. The van der Waals surface area contributed by atoms with Gasteiger partial charge in [-0.1, -0.05) is 60.7 Å². The van der Waals surface area contributed by atoms with Crippen molar-refractivity contribution >= 4 is 22.6 Å². The third kappa shape index (κ3) is 7.08. The molecule has 3 aromatic carbocycles. The third-order valence-corrected chi connectivity index (χ3v) is 6.50. The lowest BCUT2D eigenvalue weighted by molar-refractivity contribution is -0.133. The Morgan fingerprint density at radius 1 is 0.838 bits per heavy atom. The molecule has 6 nitrogen and oxygen atoms in total. The van der Waals surface area contributed by atoms with Gasteiger partial charge in [0.25, 0.3) is 5.91 Å². The Morgan fingerprint density at radius 2 is 1.59 bits per heavy atom. The van der Waals surface area contributed by atoms with E-state index in [4.69, 9.17) is 4.74 Å².